The van der Waals surface area contributed by atoms with Gasteiger partial charge in [0.1, 0.15) is 12.1 Å². The van der Waals surface area contributed by atoms with Gasteiger partial charge in [-0.1, -0.05) is 146 Å². The van der Waals surface area contributed by atoms with Gasteiger partial charge in [-0.25, -0.2) is 0 Å². The number of hydrogen-bond donors (Lipinski definition) is 4. The van der Waals surface area contributed by atoms with E-state index in [4.69, 9.17) is 0 Å². The lowest BCUT2D eigenvalue weighted by molar-refractivity contribution is -0.123. The fourth-order valence-electron chi connectivity index (χ4n) is 6.62. The third-order valence-electron chi connectivity index (χ3n) is 9.72. The average molecular weight is 821 g/mol. The van der Waals surface area contributed by atoms with Gasteiger partial charge in [-0.2, -0.15) is 0 Å². The predicted molar refractivity (Wildman–Crippen MR) is 244 cm³/mol. The molecule has 0 saturated heterocycles. The molecule has 300 valence electrons. The minimum Gasteiger partial charge on any atom is -0.354 e. The molecule has 4 N–H and O–H groups in total. The zero-order chi connectivity index (χ0) is 41.4. The standard InChI is InChI=1S/C49H50N4O4P2/c1-36(52-48(56)38-20-18-30-44(34-38)58(40-22-8-3-9-23-40)41-24-10-4-11-25-41)46(54)50-32-16-7-17-33-51-47(55)37(2)53-49(57)39-21-19-31-45(35-39)59(42-26-12-5-13-27-42)43-28-14-6-15-29-43/h3-6,8-15,18-31,34-37H,7,16-17,32-33H2,1-2H3,(H,50,54)(H,51,55)(H,52,56)(H,53,57)/t36-,37-/m0/s1. The zero-order valence-electron chi connectivity index (χ0n) is 33.4. The highest BCUT2D eigenvalue weighted by molar-refractivity contribution is 7.80. The molecule has 8 nitrogen and oxygen atoms in total. The van der Waals surface area contributed by atoms with E-state index in [1.54, 1.807) is 26.0 Å². The number of carbonyl (C=O) groups is 4. The van der Waals surface area contributed by atoms with Gasteiger partial charge in [0, 0.05) is 24.2 Å². The lowest BCUT2D eigenvalue weighted by atomic mass is 10.2. The topological polar surface area (TPSA) is 116 Å². The van der Waals surface area contributed by atoms with E-state index in [0.717, 1.165) is 17.0 Å². The van der Waals surface area contributed by atoms with Gasteiger partial charge in [-0.3, -0.25) is 19.2 Å². The van der Waals surface area contributed by atoms with E-state index in [9.17, 15) is 19.2 Å². The number of rotatable bonds is 18. The summed E-state index contributed by atoms with van der Waals surface area (Å²) < 4.78 is 0. The van der Waals surface area contributed by atoms with E-state index in [1.165, 1.54) is 21.2 Å². The third-order valence-corrected chi connectivity index (χ3v) is 14.6. The Labute approximate surface area is 349 Å². The highest BCUT2D eigenvalue weighted by Crippen LogP contribution is 2.34. The van der Waals surface area contributed by atoms with Crippen LogP contribution in [0.2, 0.25) is 0 Å². The SMILES string of the molecule is C[C@H](NC(=O)c1cccc(P(c2ccccc2)c2ccccc2)c1)C(=O)NCCCCCNC(=O)[C@H](C)NC(=O)c1cccc(P(c2ccccc2)c2ccccc2)c1. The van der Waals surface area contributed by atoms with Crippen LogP contribution in [0.1, 0.15) is 53.8 Å². The van der Waals surface area contributed by atoms with Crippen molar-refractivity contribution in [2.45, 2.75) is 45.2 Å². The predicted octanol–water partition coefficient (Wildman–Crippen LogP) is 5.54. The number of benzene rings is 6. The first kappa shape index (κ1) is 42.7. The fourth-order valence-corrected chi connectivity index (χ4v) is 11.3. The third kappa shape index (κ3) is 12.0. The minimum atomic E-state index is -0.869. The first-order chi connectivity index (χ1) is 28.8. The Bertz CT molecular complexity index is 2050. The van der Waals surface area contributed by atoms with Crippen LogP contribution < -0.4 is 53.1 Å². The smallest absolute Gasteiger partial charge is 0.251 e. The van der Waals surface area contributed by atoms with Gasteiger partial charge in [-0.05, 0) is 105 Å². The maximum atomic E-state index is 13.3. The van der Waals surface area contributed by atoms with Crippen LogP contribution in [0.15, 0.2) is 170 Å². The molecule has 0 aromatic heterocycles. The molecule has 0 heterocycles. The molecule has 10 heteroatoms. The quantitative estimate of drug-likeness (QED) is 0.0674. The summed E-state index contributed by atoms with van der Waals surface area (Å²) in [6.07, 6.45) is 2.20. The largest absolute Gasteiger partial charge is 0.354 e. The average Bonchev–Trinajstić information content (AvgIpc) is 3.27. The minimum absolute atomic E-state index is 0.259. The first-order valence-electron chi connectivity index (χ1n) is 20.0. The van der Waals surface area contributed by atoms with Gasteiger partial charge in [0.05, 0.1) is 0 Å². The van der Waals surface area contributed by atoms with Crippen LogP contribution in [0.4, 0.5) is 0 Å². The Balaban J connectivity index is 0.909. The van der Waals surface area contributed by atoms with E-state index in [-0.39, 0.29) is 23.6 Å². The number of amides is 4. The summed E-state index contributed by atoms with van der Waals surface area (Å²) in [4.78, 5) is 52.3. The van der Waals surface area contributed by atoms with Crippen molar-refractivity contribution in [1.29, 1.82) is 0 Å². The summed E-state index contributed by atoms with van der Waals surface area (Å²) in [5.41, 5.74) is 1.01. The molecule has 0 bridgehead atoms. The van der Waals surface area contributed by atoms with E-state index in [0.29, 0.717) is 37.1 Å². The second kappa shape index (κ2) is 21.7. The summed E-state index contributed by atoms with van der Waals surface area (Å²) in [6, 6.07) is 55.0. The molecule has 2 atom stereocenters. The second-order valence-electron chi connectivity index (χ2n) is 14.1. The zero-order valence-corrected chi connectivity index (χ0v) is 35.2. The van der Waals surface area contributed by atoms with Gasteiger partial charge in [-0.15, -0.1) is 0 Å². The second-order valence-corrected chi connectivity index (χ2v) is 18.6. The molecule has 0 saturated carbocycles. The highest BCUT2D eigenvalue weighted by atomic mass is 31.1. The summed E-state index contributed by atoms with van der Waals surface area (Å²) >= 11 is 0. The normalized spacial score (nSPS) is 12.0. The Morgan fingerprint density at radius 2 is 0.712 bits per heavy atom. The Morgan fingerprint density at radius 3 is 1.03 bits per heavy atom. The van der Waals surface area contributed by atoms with E-state index in [2.05, 4.69) is 81.9 Å². The maximum absolute atomic E-state index is 13.3. The molecule has 0 radical (unpaired) electrons. The van der Waals surface area contributed by atoms with Gasteiger partial charge in [0.25, 0.3) is 11.8 Å². The first-order valence-corrected chi connectivity index (χ1v) is 22.6. The summed E-state index contributed by atoms with van der Waals surface area (Å²) in [5.74, 6) is -1.13. The number of hydrogen-bond acceptors (Lipinski definition) is 4. The molecular formula is C49H50N4O4P2. The molecule has 0 fully saturated rings. The molecular weight excluding hydrogens is 771 g/mol. The van der Waals surface area contributed by atoms with Crippen LogP contribution in [0.25, 0.3) is 0 Å². The van der Waals surface area contributed by atoms with Crippen molar-refractivity contribution in [3.05, 3.63) is 181 Å². The Hall–Kier alpha value is -5.94. The molecule has 0 aliphatic carbocycles. The maximum Gasteiger partial charge on any atom is 0.251 e. The molecule has 6 aromatic rings. The van der Waals surface area contributed by atoms with Crippen molar-refractivity contribution in [3.63, 3.8) is 0 Å². The number of carbonyl (C=O) groups excluding carboxylic acids is 4. The summed E-state index contributed by atoms with van der Waals surface area (Å²) in [5, 5.41) is 18.4. The van der Waals surface area contributed by atoms with Crippen LogP contribution in [-0.4, -0.2) is 48.8 Å². The van der Waals surface area contributed by atoms with Gasteiger partial charge in [0.15, 0.2) is 0 Å². The van der Waals surface area contributed by atoms with Gasteiger partial charge >= 0.3 is 0 Å². The summed E-state index contributed by atoms with van der Waals surface area (Å²) in [7, 11) is -1.74. The summed E-state index contributed by atoms with van der Waals surface area (Å²) in [6.45, 7) is 4.25. The van der Waals surface area contributed by atoms with Crippen molar-refractivity contribution < 1.29 is 19.2 Å². The molecule has 59 heavy (non-hydrogen) atoms. The number of nitrogens with one attached hydrogen (secondary N) is 4. The lowest BCUT2D eigenvalue weighted by Crippen LogP contribution is -2.45. The van der Waals surface area contributed by atoms with Crippen LogP contribution >= 0.6 is 15.8 Å². The number of unbranched alkanes of at least 4 members (excludes halogenated alkanes) is 2. The molecule has 0 spiro atoms. The molecule has 0 aliphatic heterocycles. The molecule has 6 rings (SSSR count). The molecule has 0 unspecified atom stereocenters. The van der Waals surface area contributed by atoms with Crippen molar-refractivity contribution >= 4 is 71.3 Å². The highest BCUT2D eigenvalue weighted by Gasteiger charge is 2.22. The van der Waals surface area contributed by atoms with Crippen molar-refractivity contribution in [1.82, 2.24) is 21.3 Å². The van der Waals surface area contributed by atoms with Gasteiger partial charge < -0.3 is 21.3 Å². The van der Waals surface area contributed by atoms with Crippen molar-refractivity contribution in [2.75, 3.05) is 13.1 Å². The van der Waals surface area contributed by atoms with Gasteiger partial charge in [0.2, 0.25) is 11.8 Å². The lowest BCUT2D eigenvalue weighted by Gasteiger charge is -2.20. The van der Waals surface area contributed by atoms with Crippen molar-refractivity contribution in [3.8, 4) is 0 Å². The Kier molecular flexibility index (Phi) is 15.7. The van der Waals surface area contributed by atoms with E-state index >= 15 is 0 Å². The molecule has 4 amide bonds. The Morgan fingerprint density at radius 1 is 0.407 bits per heavy atom. The van der Waals surface area contributed by atoms with E-state index < -0.39 is 27.9 Å². The van der Waals surface area contributed by atoms with Crippen LogP contribution in [0.3, 0.4) is 0 Å². The fraction of sp³-hybridized carbons (Fsp3) is 0.184. The van der Waals surface area contributed by atoms with E-state index in [1.807, 2.05) is 97.1 Å². The van der Waals surface area contributed by atoms with Crippen LogP contribution in [0.5, 0.6) is 0 Å². The van der Waals surface area contributed by atoms with Crippen molar-refractivity contribution in [2.24, 2.45) is 0 Å². The molecule has 6 aromatic carbocycles. The van der Waals surface area contributed by atoms with Crippen LogP contribution in [0, 0.1) is 0 Å². The monoisotopic (exact) mass is 820 g/mol. The molecule has 0 aliphatic rings. The van der Waals surface area contributed by atoms with Crippen LogP contribution in [-0.2, 0) is 9.59 Å².